The molecular weight excluding hydrogens is 322 g/mol. The standard InChI is InChI=1S/C18H19N3O4/c1-10-3-6-15-13(7-10)14(8-11(2)19-15)17(23)25-9-16(22)21-18(24)20-12-4-5-12/h3,6-8,12H,4-5,9H2,1-2H3,(H2,20,21,22,24). The van der Waals surface area contributed by atoms with Gasteiger partial charge in [0, 0.05) is 17.1 Å². The molecule has 0 radical (unpaired) electrons. The Morgan fingerprint density at radius 2 is 1.96 bits per heavy atom. The van der Waals surface area contributed by atoms with Crippen LogP contribution in [0.2, 0.25) is 0 Å². The van der Waals surface area contributed by atoms with Gasteiger partial charge in [-0.25, -0.2) is 9.59 Å². The van der Waals surface area contributed by atoms with Crippen molar-refractivity contribution in [2.45, 2.75) is 32.7 Å². The lowest BCUT2D eigenvalue weighted by molar-refractivity contribution is -0.123. The summed E-state index contributed by atoms with van der Waals surface area (Å²) < 4.78 is 5.06. The predicted octanol–water partition coefficient (Wildman–Crippen LogP) is 2.00. The highest BCUT2D eigenvalue weighted by Gasteiger charge is 2.24. The van der Waals surface area contributed by atoms with Crippen molar-refractivity contribution >= 4 is 28.8 Å². The number of aromatic nitrogens is 1. The highest BCUT2D eigenvalue weighted by Crippen LogP contribution is 2.21. The minimum Gasteiger partial charge on any atom is -0.452 e. The zero-order valence-electron chi connectivity index (χ0n) is 14.1. The molecule has 0 bridgehead atoms. The molecular formula is C18H19N3O4. The SMILES string of the molecule is Cc1ccc2nc(C)cc(C(=O)OCC(=O)NC(=O)NC3CC3)c2c1. The molecule has 1 aromatic heterocycles. The molecule has 3 rings (SSSR count). The number of benzene rings is 1. The van der Waals surface area contributed by atoms with E-state index in [9.17, 15) is 14.4 Å². The monoisotopic (exact) mass is 341 g/mol. The van der Waals surface area contributed by atoms with E-state index in [4.69, 9.17) is 4.74 Å². The number of carbonyl (C=O) groups is 3. The Bertz CT molecular complexity index is 859. The largest absolute Gasteiger partial charge is 0.452 e. The number of nitrogens with zero attached hydrogens (tertiary/aromatic N) is 1. The number of imide groups is 1. The number of aryl methyl sites for hydroxylation is 2. The van der Waals surface area contributed by atoms with Crippen molar-refractivity contribution in [1.29, 1.82) is 0 Å². The number of rotatable bonds is 4. The van der Waals surface area contributed by atoms with Gasteiger partial charge < -0.3 is 10.1 Å². The van der Waals surface area contributed by atoms with Gasteiger partial charge in [-0.2, -0.15) is 0 Å². The molecule has 0 aliphatic heterocycles. The van der Waals surface area contributed by atoms with Crippen LogP contribution in [0.4, 0.5) is 4.79 Å². The normalized spacial score (nSPS) is 13.4. The molecule has 1 aromatic carbocycles. The predicted molar refractivity (Wildman–Crippen MR) is 91.2 cm³/mol. The van der Waals surface area contributed by atoms with Crippen LogP contribution in [0.1, 0.15) is 34.5 Å². The van der Waals surface area contributed by atoms with E-state index in [1.807, 2.05) is 25.1 Å². The fourth-order valence-corrected chi connectivity index (χ4v) is 2.46. The van der Waals surface area contributed by atoms with Gasteiger partial charge in [0.25, 0.3) is 5.91 Å². The number of urea groups is 1. The smallest absolute Gasteiger partial charge is 0.339 e. The summed E-state index contributed by atoms with van der Waals surface area (Å²) in [5.41, 5.74) is 2.70. The van der Waals surface area contributed by atoms with Crippen LogP contribution in [0.5, 0.6) is 0 Å². The maximum Gasteiger partial charge on any atom is 0.339 e. The number of nitrogens with one attached hydrogen (secondary N) is 2. The maximum absolute atomic E-state index is 12.4. The lowest BCUT2D eigenvalue weighted by Crippen LogP contribution is -2.42. The average Bonchev–Trinajstić information content (AvgIpc) is 3.36. The number of fused-ring (bicyclic) bond motifs is 1. The lowest BCUT2D eigenvalue weighted by atomic mass is 10.1. The highest BCUT2D eigenvalue weighted by atomic mass is 16.5. The van der Waals surface area contributed by atoms with Crippen LogP contribution < -0.4 is 10.6 Å². The van der Waals surface area contributed by atoms with E-state index in [1.54, 1.807) is 13.0 Å². The number of amides is 3. The molecule has 130 valence electrons. The van der Waals surface area contributed by atoms with E-state index in [0.717, 1.165) is 18.4 Å². The summed E-state index contributed by atoms with van der Waals surface area (Å²) >= 11 is 0. The Morgan fingerprint density at radius 1 is 1.20 bits per heavy atom. The molecule has 1 heterocycles. The number of carbonyl (C=O) groups excluding carboxylic acids is 3. The summed E-state index contributed by atoms with van der Waals surface area (Å²) in [5.74, 6) is -1.29. The fraction of sp³-hybridized carbons (Fsp3) is 0.333. The Kier molecular flexibility index (Phi) is 4.65. The van der Waals surface area contributed by atoms with Crippen LogP contribution in [0, 0.1) is 13.8 Å². The van der Waals surface area contributed by atoms with E-state index in [2.05, 4.69) is 15.6 Å². The van der Waals surface area contributed by atoms with Crippen LogP contribution in [0.15, 0.2) is 24.3 Å². The molecule has 0 spiro atoms. The summed E-state index contributed by atoms with van der Waals surface area (Å²) in [6.45, 7) is 3.18. The van der Waals surface area contributed by atoms with Crippen molar-refractivity contribution in [2.75, 3.05) is 6.61 Å². The van der Waals surface area contributed by atoms with E-state index in [0.29, 0.717) is 22.2 Å². The quantitative estimate of drug-likeness (QED) is 0.829. The minimum atomic E-state index is -0.669. The number of hydrogen-bond donors (Lipinski definition) is 2. The van der Waals surface area contributed by atoms with Gasteiger partial charge in [-0.15, -0.1) is 0 Å². The Labute approximate surface area is 144 Å². The van der Waals surface area contributed by atoms with Gasteiger partial charge in [0.15, 0.2) is 6.61 Å². The van der Waals surface area contributed by atoms with Gasteiger partial charge in [0.05, 0.1) is 11.1 Å². The van der Waals surface area contributed by atoms with Crippen molar-refractivity contribution in [2.24, 2.45) is 0 Å². The van der Waals surface area contributed by atoms with E-state index < -0.39 is 24.5 Å². The van der Waals surface area contributed by atoms with Crippen LogP contribution in [0.3, 0.4) is 0 Å². The molecule has 1 aliphatic rings. The molecule has 25 heavy (non-hydrogen) atoms. The average molecular weight is 341 g/mol. The van der Waals surface area contributed by atoms with Crippen molar-refractivity contribution in [1.82, 2.24) is 15.6 Å². The van der Waals surface area contributed by atoms with Crippen molar-refractivity contribution in [3.8, 4) is 0 Å². The second kappa shape index (κ2) is 6.88. The third-order valence-electron chi connectivity index (χ3n) is 3.81. The topological polar surface area (TPSA) is 97.4 Å². The zero-order valence-corrected chi connectivity index (χ0v) is 14.1. The van der Waals surface area contributed by atoms with Crippen molar-refractivity contribution in [3.63, 3.8) is 0 Å². The molecule has 2 aromatic rings. The summed E-state index contributed by atoms with van der Waals surface area (Å²) in [5, 5.41) is 5.43. The molecule has 1 fully saturated rings. The molecule has 1 aliphatic carbocycles. The van der Waals surface area contributed by atoms with E-state index in [1.165, 1.54) is 0 Å². The van der Waals surface area contributed by atoms with Crippen LogP contribution in [-0.2, 0) is 9.53 Å². The fourth-order valence-electron chi connectivity index (χ4n) is 2.46. The molecule has 0 saturated heterocycles. The number of hydrogen-bond acceptors (Lipinski definition) is 5. The lowest BCUT2D eigenvalue weighted by Gasteiger charge is -2.09. The van der Waals surface area contributed by atoms with Gasteiger partial charge in [-0.05, 0) is 44.9 Å². The van der Waals surface area contributed by atoms with Crippen LogP contribution in [0.25, 0.3) is 10.9 Å². The summed E-state index contributed by atoms with van der Waals surface area (Å²) in [7, 11) is 0. The van der Waals surface area contributed by atoms with E-state index >= 15 is 0 Å². The number of esters is 1. The number of pyridine rings is 1. The van der Waals surface area contributed by atoms with Gasteiger partial charge in [-0.1, -0.05) is 11.6 Å². The highest BCUT2D eigenvalue weighted by molar-refractivity contribution is 6.04. The maximum atomic E-state index is 12.4. The van der Waals surface area contributed by atoms with Gasteiger partial charge in [0.2, 0.25) is 0 Å². The second-order valence-corrected chi connectivity index (χ2v) is 6.20. The van der Waals surface area contributed by atoms with Gasteiger partial charge >= 0.3 is 12.0 Å². The zero-order chi connectivity index (χ0) is 18.0. The molecule has 1 saturated carbocycles. The van der Waals surface area contributed by atoms with Crippen molar-refractivity contribution in [3.05, 3.63) is 41.1 Å². The second-order valence-electron chi connectivity index (χ2n) is 6.20. The first-order chi connectivity index (χ1) is 11.9. The molecule has 3 amide bonds. The van der Waals surface area contributed by atoms with Crippen LogP contribution >= 0.6 is 0 Å². The molecule has 7 nitrogen and oxygen atoms in total. The Balaban J connectivity index is 1.66. The minimum absolute atomic E-state index is 0.143. The molecule has 0 unspecified atom stereocenters. The molecule has 0 atom stereocenters. The first-order valence-electron chi connectivity index (χ1n) is 8.08. The van der Waals surface area contributed by atoms with Crippen LogP contribution in [-0.4, -0.2) is 35.5 Å². The summed E-state index contributed by atoms with van der Waals surface area (Å²) in [4.78, 5) is 40.0. The third-order valence-corrected chi connectivity index (χ3v) is 3.81. The van der Waals surface area contributed by atoms with Crippen molar-refractivity contribution < 1.29 is 19.1 Å². The van der Waals surface area contributed by atoms with Gasteiger partial charge in [0.1, 0.15) is 0 Å². The number of ether oxygens (including phenoxy) is 1. The Morgan fingerprint density at radius 3 is 2.68 bits per heavy atom. The third kappa shape index (κ3) is 4.32. The van der Waals surface area contributed by atoms with Gasteiger partial charge in [-0.3, -0.25) is 15.1 Å². The molecule has 2 N–H and O–H groups in total. The summed E-state index contributed by atoms with van der Waals surface area (Å²) in [6, 6.07) is 6.80. The first kappa shape index (κ1) is 16.9. The van der Waals surface area contributed by atoms with E-state index in [-0.39, 0.29) is 6.04 Å². The molecule has 7 heteroatoms. The summed E-state index contributed by atoms with van der Waals surface area (Å²) in [6.07, 6.45) is 1.84. The first-order valence-corrected chi connectivity index (χ1v) is 8.08. The Hall–Kier alpha value is -2.96.